The van der Waals surface area contributed by atoms with E-state index in [4.69, 9.17) is 23.7 Å². The summed E-state index contributed by atoms with van der Waals surface area (Å²) < 4.78 is 28.3. The van der Waals surface area contributed by atoms with Crippen LogP contribution in [0.2, 0.25) is 0 Å². The maximum absolute atomic E-state index is 13.1. The predicted molar refractivity (Wildman–Crippen MR) is 330 cm³/mol. The number of aliphatic hydroxyl groups excluding tert-OH is 2. The van der Waals surface area contributed by atoms with E-state index in [0.717, 1.165) is 122 Å². The molecule has 0 saturated carbocycles. The van der Waals surface area contributed by atoms with Crippen molar-refractivity contribution in [1.29, 1.82) is 0 Å². The number of rotatable bonds is 48. The highest BCUT2D eigenvalue weighted by Gasteiger charge is 2.50. The fraction of sp³-hybridized carbons (Fsp3) is 0.536. The minimum atomic E-state index is -1.94. The van der Waals surface area contributed by atoms with E-state index < -0.39 is 67.3 Å². The van der Waals surface area contributed by atoms with Gasteiger partial charge in [-0.05, 0) is 135 Å². The molecule has 6 unspecified atom stereocenters. The number of carbonyl (C=O) groups is 4. The maximum Gasteiger partial charge on any atom is 0.335 e. The summed E-state index contributed by atoms with van der Waals surface area (Å²) >= 11 is 0. The van der Waals surface area contributed by atoms with Crippen LogP contribution >= 0.6 is 0 Å². The Labute approximate surface area is 487 Å². The SMILES string of the molecule is CC/C=C\C/C=C\C/C=C\C/C=C\C/C=C\C/C=C\CCC(=O)OCC(COC1OC(C(=O)O)C(O)C(O)C1OC(=O)CCCCC/C=C\C/C=C\C/C=C\C/C=C\C/C=C\CC)OC(=O)CCCCC/C=C\C/C=C\C/C=C\CC. The van der Waals surface area contributed by atoms with Gasteiger partial charge in [-0.1, -0.05) is 204 Å². The summed E-state index contributed by atoms with van der Waals surface area (Å²) in [4.78, 5) is 51.1. The largest absolute Gasteiger partial charge is 0.479 e. The van der Waals surface area contributed by atoms with Gasteiger partial charge in [0.05, 0.1) is 6.61 Å². The molecule has 0 aromatic heterocycles. The molecule has 0 spiro atoms. The van der Waals surface area contributed by atoms with Crippen LogP contribution in [0.15, 0.2) is 170 Å². The van der Waals surface area contributed by atoms with Crippen LogP contribution in [0.1, 0.15) is 188 Å². The van der Waals surface area contributed by atoms with Crippen LogP contribution in [-0.2, 0) is 42.9 Å². The van der Waals surface area contributed by atoms with Crippen molar-refractivity contribution in [2.75, 3.05) is 13.2 Å². The molecule has 1 aliphatic rings. The lowest BCUT2D eigenvalue weighted by molar-refractivity contribution is -0.301. The molecule has 1 fully saturated rings. The molecule has 1 saturated heterocycles. The van der Waals surface area contributed by atoms with Crippen LogP contribution < -0.4 is 0 Å². The Kier molecular flexibility index (Phi) is 49.3. The lowest BCUT2D eigenvalue weighted by Crippen LogP contribution is -2.61. The molecular formula is C69H102O12. The normalized spacial score (nSPS) is 19.0. The minimum absolute atomic E-state index is 0.000346. The molecular weight excluding hydrogens is 1020 g/mol. The number of hydrogen-bond acceptors (Lipinski definition) is 11. The van der Waals surface area contributed by atoms with Gasteiger partial charge in [0.15, 0.2) is 24.6 Å². The van der Waals surface area contributed by atoms with Crippen LogP contribution in [0, 0.1) is 0 Å². The number of hydrogen-bond donors (Lipinski definition) is 3. The van der Waals surface area contributed by atoms with Gasteiger partial charge in [0, 0.05) is 19.3 Å². The fourth-order valence-electron chi connectivity index (χ4n) is 7.78. The smallest absolute Gasteiger partial charge is 0.335 e. The van der Waals surface area contributed by atoms with E-state index in [1.165, 1.54) is 0 Å². The van der Waals surface area contributed by atoms with Crippen molar-refractivity contribution in [3.8, 4) is 0 Å². The van der Waals surface area contributed by atoms with Crippen LogP contribution in [0.5, 0.6) is 0 Å². The number of esters is 3. The average Bonchev–Trinajstić information content (AvgIpc) is 3.45. The van der Waals surface area contributed by atoms with Crippen LogP contribution in [0.25, 0.3) is 0 Å². The molecule has 12 heteroatoms. The lowest BCUT2D eigenvalue weighted by Gasteiger charge is -2.40. The highest BCUT2D eigenvalue weighted by molar-refractivity contribution is 5.74. The highest BCUT2D eigenvalue weighted by Crippen LogP contribution is 2.26. The van der Waals surface area contributed by atoms with E-state index in [2.05, 4.69) is 179 Å². The number of carbonyl (C=O) groups excluding carboxylic acids is 3. The number of aliphatic carboxylic acids is 1. The summed E-state index contributed by atoms with van der Waals surface area (Å²) in [5.41, 5.74) is 0. The van der Waals surface area contributed by atoms with E-state index in [-0.39, 0.29) is 25.9 Å². The molecule has 12 nitrogen and oxygen atoms in total. The van der Waals surface area contributed by atoms with Gasteiger partial charge in [0.25, 0.3) is 0 Å². The molecule has 1 aliphatic heterocycles. The number of unbranched alkanes of at least 4 members (excludes halogenated alkanes) is 6. The zero-order valence-electron chi connectivity index (χ0n) is 49.4. The van der Waals surface area contributed by atoms with Crippen LogP contribution in [-0.4, -0.2) is 89.2 Å². The Balaban J connectivity index is 2.77. The summed E-state index contributed by atoms with van der Waals surface area (Å²) in [6, 6.07) is 0. The number of carboxylic acids is 1. The molecule has 81 heavy (non-hydrogen) atoms. The summed E-state index contributed by atoms with van der Waals surface area (Å²) in [6.45, 7) is 5.52. The number of ether oxygens (including phenoxy) is 5. The standard InChI is InChI=1S/C69H102O12/c1-4-7-10-13-16-19-22-25-27-29-31-33-35-38-40-43-46-49-52-55-61(70)77-58-60(79-62(71)56-53-50-47-44-41-37-24-21-18-15-12-9-6-3)59-78-69-67(65(74)64(73)66(81-69)68(75)76)80-63(72)57-54-51-48-45-42-39-36-34-32-30-28-26-23-20-17-14-11-8-5-2/h7-12,16-21,25-28,31-34,37-42,46,49,60,64-67,69,73-74H,4-6,13-15,22-24,29-30,35-36,43-45,47-48,50-59H2,1-3H3,(H,75,76)/b10-7-,11-8-,12-9-,19-16-,20-17-,21-18-,27-25-,28-26-,33-31-,34-32-,40-38-,41-37-,42-39-,49-46-. The van der Waals surface area contributed by atoms with Gasteiger partial charge >= 0.3 is 23.9 Å². The van der Waals surface area contributed by atoms with Gasteiger partial charge < -0.3 is 39.0 Å². The van der Waals surface area contributed by atoms with Gasteiger partial charge in [-0.15, -0.1) is 0 Å². The Hall–Kier alpha value is -5.92. The van der Waals surface area contributed by atoms with E-state index in [9.17, 15) is 34.5 Å². The van der Waals surface area contributed by atoms with Crippen LogP contribution in [0.4, 0.5) is 0 Å². The molecule has 0 bridgehead atoms. The highest BCUT2D eigenvalue weighted by atomic mass is 16.7. The van der Waals surface area contributed by atoms with Crippen molar-refractivity contribution in [3.63, 3.8) is 0 Å². The monoisotopic (exact) mass is 1120 g/mol. The molecule has 1 rings (SSSR count). The zero-order chi connectivity index (χ0) is 58.9. The van der Waals surface area contributed by atoms with Crippen molar-refractivity contribution in [3.05, 3.63) is 170 Å². The molecule has 3 N–H and O–H groups in total. The van der Waals surface area contributed by atoms with Crippen molar-refractivity contribution in [2.24, 2.45) is 0 Å². The van der Waals surface area contributed by atoms with Gasteiger partial charge in [0.1, 0.15) is 18.8 Å². The maximum atomic E-state index is 13.1. The second-order valence-corrected chi connectivity index (χ2v) is 19.5. The first kappa shape index (κ1) is 73.1. The van der Waals surface area contributed by atoms with E-state index in [0.29, 0.717) is 25.7 Å². The summed E-state index contributed by atoms with van der Waals surface area (Å²) in [7, 11) is 0. The third-order valence-corrected chi connectivity index (χ3v) is 12.3. The molecule has 1 heterocycles. The number of carboxylic acid groups (broad SMARTS) is 1. The summed E-state index contributed by atoms with van der Waals surface area (Å²) in [6.07, 6.45) is 69.1. The number of allylic oxidation sites excluding steroid dienone is 28. The Morgan fingerprint density at radius 1 is 0.407 bits per heavy atom. The molecule has 0 amide bonds. The van der Waals surface area contributed by atoms with Crippen molar-refractivity contribution >= 4 is 23.9 Å². The Morgan fingerprint density at radius 2 is 0.765 bits per heavy atom. The second kappa shape index (κ2) is 54.7. The van der Waals surface area contributed by atoms with Crippen molar-refractivity contribution < 1.29 is 58.2 Å². The Bertz CT molecular complexity index is 2060. The molecule has 0 aromatic carbocycles. The minimum Gasteiger partial charge on any atom is -0.479 e. The molecule has 0 radical (unpaired) electrons. The first-order chi connectivity index (χ1) is 39.6. The second-order valence-electron chi connectivity index (χ2n) is 19.5. The average molecular weight is 1120 g/mol. The predicted octanol–water partition coefficient (Wildman–Crippen LogP) is 15.9. The first-order valence-corrected chi connectivity index (χ1v) is 30.1. The van der Waals surface area contributed by atoms with E-state index in [1.807, 2.05) is 12.2 Å². The molecule has 450 valence electrons. The molecule has 6 atom stereocenters. The Morgan fingerprint density at radius 3 is 1.15 bits per heavy atom. The van der Waals surface area contributed by atoms with Gasteiger partial charge in [-0.3, -0.25) is 14.4 Å². The van der Waals surface area contributed by atoms with Crippen LogP contribution in [0.3, 0.4) is 0 Å². The quantitative estimate of drug-likeness (QED) is 0.0228. The number of aliphatic hydroxyl groups is 2. The van der Waals surface area contributed by atoms with Gasteiger partial charge in [-0.25, -0.2) is 4.79 Å². The van der Waals surface area contributed by atoms with Gasteiger partial charge in [-0.2, -0.15) is 0 Å². The fourth-order valence-corrected chi connectivity index (χ4v) is 7.78. The molecule has 0 aliphatic carbocycles. The third kappa shape index (κ3) is 44.4. The first-order valence-electron chi connectivity index (χ1n) is 30.1. The van der Waals surface area contributed by atoms with E-state index in [1.54, 1.807) is 0 Å². The third-order valence-electron chi connectivity index (χ3n) is 12.3. The van der Waals surface area contributed by atoms with Crippen molar-refractivity contribution in [2.45, 2.75) is 225 Å². The van der Waals surface area contributed by atoms with Gasteiger partial charge in [0.2, 0.25) is 0 Å². The molecule has 0 aromatic rings. The zero-order valence-corrected chi connectivity index (χ0v) is 49.4. The van der Waals surface area contributed by atoms with E-state index >= 15 is 0 Å². The lowest BCUT2D eigenvalue weighted by atomic mass is 9.98. The summed E-state index contributed by atoms with van der Waals surface area (Å²) in [5.74, 6) is -3.35. The summed E-state index contributed by atoms with van der Waals surface area (Å²) in [5, 5.41) is 31.5. The van der Waals surface area contributed by atoms with Crippen molar-refractivity contribution in [1.82, 2.24) is 0 Å². The topological polar surface area (TPSA) is 175 Å².